The molecule has 0 spiro atoms. The fourth-order valence-corrected chi connectivity index (χ4v) is 4.07. The summed E-state index contributed by atoms with van der Waals surface area (Å²) in [6.45, 7) is 3.16. The molecular formula is C20H20ClN5O3S. The van der Waals surface area contributed by atoms with Crippen molar-refractivity contribution < 1.29 is 14.3 Å². The first-order valence-corrected chi connectivity index (χ1v) is 10.6. The van der Waals surface area contributed by atoms with E-state index >= 15 is 0 Å². The number of imidazole rings is 1. The smallest absolute Gasteiger partial charge is 0.248 e. The number of nitrogens with zero attached hydrogens (tertiary/aromatic N) is 3. The van der Waals surface area contributed by atoms with Gasteiger partial charge in [0.05, 0.1) is 25.5 Å². The summed E-state index contributed by atoms with van der Waals surface area (Å²) in [5.41, 5.74) is 1.95. The van der Waals surface area contributed by atoms with E-state index < -0.39 is 0 Å². The van der Waals surface area contributed by atoms with Crippen LogP contribution in [0, 0.1) is 0 Å². The Labute approximate surface area is 182 Å². The van der Waals surface area contributed by atoms with Gasteiger partial charge in [-0.1, -0.05) is 11.6 Å². The molecule has 0 saturated carbocycles. The molecule has 1 fully saturated rings. The van der Waals surface area contributed by atoms with Gasteiger partial charge in [0.15, 0.2) is 10.1 Å². The topological polar surface area (TPSA) is 88.0 Å². The average molecular weight is 446 g/mol. The molecular weight excluding hydrogens is 426 g/mol. The van der Waals surface area contributed by atoms with Gasteiger partial charge in [0.1, 0.15) is 0 Å². The summed E-state index contributed by atoms with van der Waals surface area (Å²) < 4.78 is 7.11. The Hall–Kier alpha value is -2.72. The second-order valence-electron chi connectivity index (χ2n) is 6.68. The van der Waals surface area contributed by atoms with Crippen molar-refractivity contribution in [1.82, 2.24) is 14.3 Å². The average Bonchev–Trinajstić information content (AvgIpc) is 3.29. The number of rotatable bonds is 6. The lowest BCUT2D eigenvalue weighted by Gasteiger charge is -2.25. The predicted molar refractivity (Wildman–Crippen MR) is 118 cm³/mol. The van der Waals surface area contributed by atoms with E-state index in [0.29, 0.717) is 42.0 Å². The molecule has 0 atom stereocenters. The van der Waals surface area contributed by atoms with Crippen molar-refractivity contribution in [1.29, 1.82) is 0 Å². The molecule has 2 aromatic heterocycles. The van der Waals surface area contributed by atoms with Crippen LogP contribution in [0.5, 0.6) is 0 Å². The van der Waals surface area contributed by atoms with E-state index in [-0.39, 0.29) is 11.8 Å². The molecule has 1 aromatic carbocycles. The third-order valence-electron chi connectivity index (χ3n) is 4.55. The Morgan fingerprint density at radius 3 is 2.60 bits per heavy atom. The number of ether oxygens (including phenoxy) is 1. The number of hydrogen-bond acceptors (Lipinski definition) is 6. The summed E-state index contributed by atoms with van der Waals surface area (Å²) >= 11 is 7.59. The first-order chi connectivity index (χ1) is 14.6. The van der Waals surface area contributed by atoms with E-state index in [1.165, 1.54) is 17.4 Å². The van der Waals surface area contributed by atoms with Crippen LogP contribution in [0.4, 0.5) is 11.4 Å². The highest BCUT2D eigenvalue weighted by Crippen LogP contribution is 2.22. The summed E-state index contributed by atoms with van der Waals surface area (Å²) in [5, 5.41) is 7.89. The minimum absolute atomic E-state index is 0.0750. The van der Waals surface area contributed by atoms with Crippen molar-refractivity contribution in [2.24, 2.45) is 0 Å². The van der Waals surface area contributed by atoms with Gasteiger partial charge in [-0.3, -0.25) is 18.9 Å². The number of fused-ring (bicyclic) bond motifs is 1. The number of halogens is 1. The van der Waals surface area contributed by atoms with Crippen LogP contribution >= 0.6 is 22.9 Å². The molecule has 8 nitrogen and oxygen atoms in total. The maximum atomic E-state index is 12.2. The minimum Gasteiger partial charge on any atom is -0.379 e. The fourth-order valence-electron chi connectivity index (χ4n) is 3.06. The lowest BCUT2D eigenvalue weighted by molar-refractivity contribution is -0.118. The molecule has 156 valence electrons. The molecule has 0 bridgehead atoms. The number of aromatic nitrogens is 2. The van der Waals surface area contributed by atoms with E-state index in [0.717, 1.165) is 18.1 Å². The molecule has 3 heterocycles. The molecule has 2 amide bonds. The Morgan fingerprint density at radius 1 is 1.17 bits per heavy atom. The fraction of sp³-hybridized carbons (Fsp3) is 0.250. The number of carbonyl (C=O) groups is 2. The SMILES string of the molecule is O=C(/C=C/c1c(Cl)nc2sccn12)Nc1ccc(NC(=O)CN2CCOCC2)cc1. The van der Waals surface area contributed by atoms with E-state index in [1.807, 2.05) is 16.0 Å². The van der Waals surface area contributed by atoms with Gasteiger partial charge >= 0.3 is 0 Å². The summed E-state index contributed by atoms with van der Waals surface area (Å²) in [6.07, 6.45) is 4.89. The van der Waals surface area contributed by atoms with Crippen LogP contribution in [0.15, 0.2) is 41.9 Å². The number of morpholine rings is 1. The molecule has 1 saturated heterocycles. The maximum absolute atomic E-state index is 12.2. The van der Waals surface area contributed by atoms with Crippen LogP contribution in [0.3, 0.4) is 0 Å². The third-order valence-corrected chi connectivity index (χ3v) is 5.59. The highest BCUT2D eigenvalue weighted by atomic mass is 35.5. The molecule has 0 radical (unpaired) electrons. The third kappa shape index (κ3) is 5.06. The summed E-state index contributed by atoms with van der Waals surface area (Å²) in [7, 11) is 0. The highest BCUT2D eigenvalue weighted by Gasteiger charge is 2.14. The van der Waals surface area contributed by atoms with Gasteiger partial charge in [-0.25, -0.2) is 4.98 Å². The molecule has 0 unspecified atom stereocenters. The zero-order valence-corrected chi connectivity index (χ0v) is 17.6. The van der Waals surface area contributed by atoms with Crippen molar-refractivity contribution in [3.63, 3.8) is 0 Å². The first kappa shape index (κ1) is 20.5. The maximum Gasteiger partial charge on any atom is 0.248 e. The van der Waals surface area contributed by atoms with Crippen LogP contribution < -0.4 is 10.6 Å². The standard InChI is InChI=1S/C20H20ClN5O3S/c21-19-16(26-9-12-30-20(26)24-19)5-6-17(27)22-14-1-3-15(4-2-14)23-18(28)13-25-7-10-29-11-8-25/h1-6,9,12H,7-8,10-11,13H2,(H,22,27)(H,23,28)/b6-5+. The van der Waals surface area contributed by atoms with Crippen LogP contribution in [0.1, 0.15) is 5.69 Å². The number of anilines is 2. The van der Waals surface area contributed by atoms with Gasteiger partial charge in [-0.2, -0.15) is 0 Å². The minimum atomic E-state index is -0.291. The largest absolute Gasteiger partial charge is 0.379 e. The van der Waals surface area contributed by atoms with Crippen LogP contribution in [-0.4, -0.2) is 58.9 Å². The molecule has 1 aliphatic heterocycles. The van der Waals surface area contributed by atoms with Gasteiger partial charge in [-0.15, -0.1) is 11.3 Å². The predicted octanol–water partition coefficient (Wildman–Crippen LogP) is 2.97. The Balaban J connectivity index is 1.30. The van der Waals surface area contributed by atoms with Crippen LogP contribution in [0.25, 0.3) is 11.0 Å². The number of nitrogens with one attached hydrogen (secondary N) is 2. The van der Waals surface area contributed by atoms with Crippen molar-refractivity contribution in [3.05, 3.63) is 52.8 Å². The molecule has 2 N–H and O–H groups in total. The second kappa shape index (κ2) is 9.40. The molecule has 3 aromatic rings. The van der Waals surface area contributed by atoms with Gasteiger partial charge in [0.2, 0.25) is 11.8 Å². The van der Waals surface area contributed by atoms with E-state index in [1.54, 1.807) is 30.3 Å². The van der Waals surface area contributed by atoms with Crippen molar-refractivity contribution >= 4 is 57.2 Å². The van der Waals surface area contributed by atoms with Gasteiger partial charge < -0.3 is 15.4 Å². The van der Waals surface area contributed by atoms with Crippen LogP contribution in [0.2, 0.25) is 5.15 Å². The number of hydrogen-bond donors (Lipinski definition) is 2. The van der Waals surface area contributed by atoms with Crippen LogP contribution in [-0.2, 0) is 14.3 Å². The summed E-state index contributed by atoms with van der Waals surface area (Å²) in [6, 6.07) is 6.97. The van der Waals surface area contributed by atoms with Crippen molar-refractivity contribution in [3.8, 4) is 0 Å². The molecule has 10 heteroatoms. The van der Waals surface area contributed by atoms with Crippen molar-refractivity contribution in [2.75, 3.05) is 43.5 Å². The zero-order valence-electron chi connectivity index (χ0n) is 16.0. The first-order valence-electron chi connectivity index (χ1n) is 9.38. The van der Waals surface area contributed by atoms with Gasteiger partial charge in [0, 0.05) is 42.1 Å². The van der Waals surface area contributed by atoms with E-state index in [9.17, 15) is 9.59 Å². The second-order valence-corrected chi connectivity index (χ2v) is 7.91. The van der Waals surface area contributed by atoms with Gasteiger partial charge in [0.25, 0.3) is 0 Å². The Kier molecular flexibility index (Phi) is 6.44. The monoisotopic (exact) mass is 445 g/mol. The highest BCUT2D eigenvalue weighted by molar-refractivity contribution is 7.15. The molecule has 30 heavy (non-hydrogen) atoms. The van der Waals surface area contributed by atoms with Crippen molar-refractivity contribution in [2.45, 2.75) is 0 Å². The quantitative estimate of drug-likeness (QED) is 0.569. The molecule has 0 aliphatic carbocycles. The normalized spacial score (nSPS) is 15.0. The van der Waals surface area contributed by atoms with E-state index in [2.05, 4.69) is 20.5 Å². The molecule has 4 rings (SSSR count). The Bertz CT molecular complexity index is 1070. The number of amides is 2. The summed E-state index contributed by atoms with van der Waals surface area (Å²) in [4.78, 5) is 31.4. The van der Waals surface area contributed by atoms with Gasteiger partial charge in [-0.05, 0) is 30.3 Å². The van der Waals surface area contributed by atoms with E-state index in [4.69, 9.17) is 16.3 Å². The Morgan fingerprint density at radius 2 is 1.87 bits per heavy atom. The zero-order chi connectivity index (χ0) is 20.9. The number of benzene rings is 1. The lowest BCUT2D eigenvalue weighted by atomic mass is 10.2. The number of carbonyl (C=O) groups excluding carboxylic acids is 2. The number of thiazole rings is 1. The molecule has 1 aliphatic rings. The summed E-state index contributed by atoms with van der Waals surface area (Å²) in [5.74, 6) is -0.366. The lowest BCUT2D eigenvalue weighted by Crippen LogP contribution is -2.41.